The number of ether oxygens (including phenoxy) is 3. The molecule has 138 valence electrons. The summed E-state index contributed by atoms with van der Waals surface area (Å²) in [6.45, 7) is 0. The maximum Gasteiger partial charge on any atom is 0.255 e. The standard InChI is InChI=1S/C22H21NO4/c1-25-18-11-15(12-19(26-2)21(18)27-3)22(24)23-17-10-9-14-8-7-13-5-4-6-16(17)20(13)14/h4-6,9-12H,7-8H2,1-3H3,(H,23,24). The highest BCUT2D eigenvalue weighted by atomic mass is 16.5. The molecule has 4 rings (SSSR count). The molecule has 1 N–H and O–H groups in total. The zero-order valence-corrected chi connectivity index (χ0v) is 15.6. The van der Waals surface area contributed by atoms with Crippen LogP contribution in [0.2, 0.25) is 0 Å². The molecule has 0 heterocycles. The third-order valence-electron chi connectivity index (χ3n) is 5.05. The number of hydrogen-bond donors (Lipinski definition) is 1. The Morgan fingerprint density at radius 1 is 0.889 bits per heavy atom. The van der Waals surface area contributed by atoms with E-state index < -0.39 is 0 Å². The third kappa shape index (κ3) is 2.85. The van der Waals surface area contributed by atoms with Crippen LogP contribution in [0.1, 0.15) is 21.5 Å². The topological polar surface area (TPSA) is 56.8 Å². The van der Waals surface area contributed by atoms with Gasteiger partial charge in [0.2, 0.25) is 5.75 Å². The van der Waals surface area contributed by atoms with Gasteiger partial charge in [0.05, 0.1) is 21.3 Å². The lowest BCUT2D eigenvalue weighted by atomic mass is 10.0. The van der Waals surface area contributed by atoms with E-state index in [0.717, 1.165) is 23.9 Å². The first-order valence-corrected chi connectivity index (χ1v) is 8.81. The van der Waals surface area contributed by atoms with Gasteiger partial charge in [-0.1, -0.05) is 24.3 Å². The molecule has 0 spiro atoms. The molecular weight excluding hydrogens is 342 g/mol. The lowest BCUT2D eigenvalue weighted by Crippen LogP contribution is -2.13. The molecule has 1 amide bonds. The second-order valence-corrected chi connectivity index (χ2v) is 6.48. The lowest BCUT2D eigenvalue weighted by molar-refractivity contribution is 0.102. The highest BCUT2D eigenvalue weighted by molar-refractivity contribution is 6.10. The van der Waals surface area contributed by atoms with E-state index in [1.165, 1.54) is 37.8 Å². The number of methoxy groups -OCH3 is 3. The molecule has 0 unspecified atom stereocenters. The van der Waals surface area contributed by atoms with Gasteiger partial charge in [-0.05, 0) is 47.6 Å². The van der Waals surface area contributed by atoms with Crippen molar-refractivity contribution >= 4 is 22.4 Å². The van der Waals surface area contributed by atoms with Crippen LogP contribution in [0.15, 0.2) is 42.5 Å². The van der Waals surface area contributed by atoms with Gasteiger partial charge in [0.15, 0.2) is 11.5 Å². The molecule has 3 aromatic carbocycles. The first-order valence-electron chi connectivity index (χ1n) is 8.81. The van der Waals surface area contributed by atoms with Crippen molar-refractivity contribution in [1.29, 1.82) is 0 Å². The monoisotopic (exact) mass is 363 g/mol. The molecule has 0 saturated carbocycles. The van der Waals surface area contributed by atoms with E-state index in [1.807, 2.05) is 12.1 Å². The Bertz CT molecular complexity index is 1010. The third-order valence-corrected chi connectivity index (χ3v) is 5.05. The summed E-state index contributed by atoms with van der Waals surface area (Å²) in [5.41, 5.74) is 3.92. The summed E-state index contributed by atoms with van der Waals surface area (Å²) in [4.78, 5) is 12.9. The fourth-order valence-corrected chi connectivity index (χ4v) is 3.76. The fraction of sp³-hybridized carbons (Fsp3) is 0.227. The number of nitrogens with one attached hydrogen (secondary N) is 1. The van der Waals surface area contributed by atoms with Gasteiger partial charge in [-0.15, -0.1) is 0 Å². The van der Waals surface area contributed by atoms with E-state index in [2.05, 4.69) is 23.5 Å². The predicted molar refractivity (Wildman–Crippen MR) is 105 cm³/mol. The smallest absolute Gasteiger partial charge is 0.255 e. The second-order valence-electron chi connectivity index (χ2n) is 6.48. The van der Waals surface area contributed by atoms with Gasteiger partial charge in [-0.25, -0.2) is 0 Å². The van der Waals surface area contributed by atoms with Gasteiger partial charge in [-0.2, -0.15) is 0 Å². The number of carbonyl (C=O) groups excluding carboxylic acids is 1. The van der Waals surface area contributed by atoms with Crippen molar-refractivity contribution in [2.45, 2.75) is 12.8 Å². The maximum atomic E-state index is 12.9. The van der Waals surface area contributed by atoms with E-state index in [0.29, 0.717) is 22.8 Å². The lowest BCUT2D eigenvalue weighted by Gasteiger charge is -2.15. The molecule has 0 saturated heterocycles. The summed E-state index contributed by atoms with van der Waals surface area (Å²) in [5.74, 6) is 1.12. The molecule has 0 bridgehead atoms. The Kier molecular flexibility index (Phi) is 4.36. The highest BCUT2D eigenvalue weighted by Gasteiger charge is 2.19. The van der Waals surface area contributed by atoms with Crippen LogP contribution in [0.3, 0.4) is 0 Å². The molecule has 5 heteroatoms. The van der Waals surface area contributed by atoms with Crippen molar-refractivity contribution in [3.63, 3.8) is 0 Å². The average Bonchev–Trinajstić information content (AvgIpc) is 3.13. The number of rotatable bonds is 5. The van der Waals surface area contributed by atoms with Crippen LogP contribution in [0.25, 0.3) is 10.8 Å². The molecule has 0 aromatic heterocycles. The molecule has 27 heavy (non-hydrogen) atoms. The minimum atomic E-state index is -0.229. The van der Waals surface area contributed by atoms with Gasteiger partial charge in [0.25, 0.3) is 5.91 Å². The maximum absolute atomic E-state index is 12.9. The summed E-state index contributed by atoms with van der Waals surface area (Å²) >= 11 is 0. The van der Waals surface area contributed by atoms with Gasteiger partial charge < -0.3 is 19.5 Å². The number of hydrogen-bond acceptors (Lipinski definition) is 4. The first-order chi connectivity index (χ1) is 13.2. The van der Waals surface area contributed by atoms with Crippen molar-refractivity contribution in [3.05, 3.63) is 59.2 Å². The van der Waals surface area contributed by atoms with E-state index in [4.69, 9.17) is 14.2 Å². The van der Waals surface area contributed by atoms with E-state index in [1.54, 1.807) is 12.1 Å². The normalized spacial score (nSPS) is 12.1. The molecule has 3 aromatic rings. The summed E-state index contributed by atoms with van der Waals surface area (Å²) < 4.78 is 16.0. The Hall–Kier alpha value is -3.21. The van der Waals surface area contributed by atoms with Crippen LogP contribution in [0.4, 0.5) is 5.69 Å². The molecule has 1 aliphatic rings. The number of carbonyl (C=O) groups is 1. The average molecular weight is 363 g/mol. The number of amides is 1. The molecule has 1 aliphatic carbocycles. The molecule has 5 nitrogen and oxygen atoms in total. The summed E-state index contributed by atoms with van der Waals surface area (Å²) in [5, 5.41) is 5.37. The summed E-state index contributed by atoms with van der Waals surface area (Å²) in [6, 6.07) is 13.6. The van der Waals surface area contributed by atoms with Crippen LogP contribution in [0.5, 0.6) is 17.2 Å². The second kappa shape index (κ2) is 6.83. The van der Waals surface area contributed by atoms with Crippen LogP contribution < -0.4 is 19.5 Å². The summed E-state index contributed by atoms with van der Waals surface area (Å²) in [6.07, 6.45) is 2.11. The quantitative estimate of drug-likeness (QED) is 0.737. The SMILES string of the molecule is COc1cc(C(=O)Nc2ccc3c4c(cccc24)CC3)cc(OC)c1OC. The predicted octanol–water partition coefficient (Wildman–Crippen LogP) is 4.22. The van der Waals surface area contributed by atoms with E-state index >= 15 is 0 Å². The van der Waals surface area contributed by atoms with E-state index in [9.17, 15) is 4.79 Å². The Morgan fingerprint density at radius 3 is 2.19 bits per heavy atom. The van der Waals surface area contributed by atoms with Crippen LogP contribution in [-0.2, 0) is 12.8 Å². The van der Waals surface area contributed by atoms with Gasteiger partial charge in [0.1, 0.15) is 0 Å². The first kappa shape index (κ1) is 17.2. The number of aryl methyl sites for hydroxylation is 2. The van der Waals surface area contributed by atoms with Gasteiger partial charge in [0, 0.05) is 16.6 Å². The van der Waals surface area contributed by atoms with Crippen molar-refractivity contribution in [2.75, 3.05) is 26.6 Å². The molecule has 0 fully saturated rings. The number of anilines is 1. The van der Waals surface area contributed by atoms with Crippen molar-refractivity contribution in [1.82, 2.24) is 0 Å². The molecular formula is C22H21NO4. The van der Waals surface area contributed by atoms with E-state index in [-0.39, 0.29) is 5.91 Å². The zero-order valence-electron chi connectivity index (χ0n) is 15.6. The minimum Gasteiger partial charge on any atom is -0.493 e. The molecule has 0 atom stereocenters. The fourth-order valence-electron chi connectivity index (χ4n) is 3.76. The van der Waals surface area contributed by atoms with Crippen molar-refractivity contribution in [2.24, 2.45) is 0 Å². The Balaban J connectivity index is 1.73. The van der Waals surface area contributed by atoms with Crippen molar-refractivity contribution < 1.29 is 19.0 Å². The van der Waals surface area contributed by atoms with Crippen LogP contribution in [0, 0.1) is 0 Å². The highest BCUT2D eigenvalue weighted by Crippen LogP contribution is 2.39. The van der Waals surface area contributed by atoms with Crippen LogP contribution >= 0.6 is 0 Å². The Morgan fingerprint density at radius 2 is 1.56 bits per heavy atom. The van der Waals surface area contributed by atoms with Crippen molar-refractivity contribution in [3.8, 4) is 17.2 Å². The van der Waals surface area contributed by atoms with Gasteiger partial charge in [-0.3, -0.25) is 4.79 Å². The Labute approximate surface area is 157 Å². The minimum absolute atomic E-state index is 0.229. The largest absolute Gasteiger partial charge is 0.493 e. The summed E-state index contributed by atoms with van der Waals surface area (Å²) in [7, 11) is 4.59. The van der Waals surface area contributed by atoms with Gasteiger partial charge >= 0.3 is 0 Å². The van der Waals surface area contributed by atoms with Crippen LogP contribution in [-0.4, -0.2) is 27.2 Å². The zero-order chi connectivity index (χ0) is 19.0. The molecule has 0 radical (unpaired) electrons. The number of benzene rings is 3. The molecule has 0 aliphatic heterocycles.